The Morgan fingerprint density at radius 2 is 1.67 bits per heavy atom. The number of hydrogen-bond acceptors (Lipinski definition) is 3. The number of benzene rings is 3. The number of carbonyl (C=O) groups excluding carboxylic acids is 1. The molecule has 0 atom stereocenters. The van der Waals surface area contributed by atoms with Gasteiger partial charge in [0.2, 0.25) is 0 Å². The predicted octanol–water partition coefficient (Wildman–Crippen LogP) is 6.67. The molecule has 3 aromatic carbocycles. The van der Waals surface area contributed by atoms with Crippen molar-refractivity contribution in [1.29, 1.82) is 0 Å². The lowest BCUT2D eigenvalue weighted by atomic mass is 9.93. The Labute approximate surface area is 194 Å². The van der Waals surface area contributed by atoms with Crippen LogP contribution in [0.5, 0.6) is 5.75 Å². The van der Waals surface area contributed by atoms with Crippen LogP contribution in [0, 0.1) is 32.4 Å². The quantitative estimate of drug-likeness (QED) is 0.358. The SMILES string of the molecule is Cc1cc(-c2cccc(F)c2)cc(CCc2c(C)ccc(OCC(=O)OC(C)C)c2C)c1F. The molecule has 0 heterocycles. The highest BCUT2D eigenvalue weighted by Crippen LogP contribution is 2.29. The number of rotatable bonds is 8. The van der Waals surface area contributed by atoms with E-state index in [1.807, 2.05) is 32.0 Å². The highest BCUT2D eigenvalue weighted by molar-refractivity contribution is 5.71. The van der Waals surface area contributed by atoms with Crippen LogP contribution < -0.4 is 4.74 Å². The third-order valence-corrected chi connectivity index (χ3v) is 5.63. The van der Waals surface area contributed by atoms with Gasteiger partial charge in [0.1, 0.15) is 17.4 Å². The first-order valence-corrected chi connectivity index (χ1v) is 11.1. The minimum absolute atomic E-state index is 0.162. The van der Waals surface area contributed by atoms with Crippen LogP contribution in [0.25, 0.3) is 11.1 Å². The normalized spacial score (nSPS) is 11.0. The Balaban J connectivity index is 1.81. The molecule has 0 aliphatic heterocycles. The first-order chi connectivity index (χ1) is 15.7. The molecule has 174 valence electrons. The van der Waals surface area contributed by atoms with Gasteiger partial charge in [-0.3, -0.25) is 0 Å². The van der Waals surface area contributed by atoms with Crippen molar-refractivity contribution < 1.29 is 23.0 Å². The lowest BCUT2D eigenvalue weighted by Gasteiger charge is -2.16. The predicted molar refractivity (Wildman–Crippen MR) is 127 cm³/mol. The summed E-state index contributed by atoms with van der Waals surface area (Å²) in [6.07, 6.45) is 0.891. The molecule has 3 aromatic rings. The maximum atomic E-state index is 14.9. The fraction of sp³-hybridized carbons (Fsp3) is 0.321. The van der Waals surface area contributed by atoms with Crippen LogP contribution in [0.3, 0.4) is 0 Å². The van der Waals surface area contributed by atoms with Gasteiger partial charge in [-0.1, -0.05) is 18.2 Å². The van der Waals surface area contributed by atoms with Crippen LogP contribution in [-0.4, -0.2) is 18.7 Å². The summed E-state index contributed by atoms with van der Waals surface area (Å²) in [6.45, 7) is 9.09. The van der Waals surface area contributed by atoms with E-state index in [1.165, 1.54) is 12.1 Å². The van der Waals surface area contributed by atoms with Gasteiger partial charge in [-0.25, -0.2) is 13.6 Å². The van der Waals surface area contributed by atoms with Gasteiger partial charge >= 0.3 is 5.97 Å². The van der Waals surface area contributed by atoms with E-state index in [4.69, 9.17) is 9.47 Å². The molecular weight excluding hydrogens is 422 g/mol. The summed E-state index contributed by atoms with van der Waals surface area (Å²) in [5, 5.41) is 0. The highest BCUT2D eigenvalue weighted by atomic mass is 19.1. The van der Waals surface area contributed by atoms with Crippen molar-refractivity contribution >= 4 is 5.97 Å². The van der Waals surface area contributed by atoms with Crippen LogP contribution in [0.15, 0.2) is 48.5 Å². The van der Waals surface area contributed by atoms with Crippen LogP contribution in [0.2, 0.25) is 0 Å². The van der Waals surface area contributed by atoms with E-state index in [2.05, 4.69) is 0 Å². The lowest BCUT2D eigenvalue weighted by Crippen LogP contribution is -2.19. The van der Waals surface area contributed by atoms with E-state index >= 15 is 0 Å². The standard InChI is InChI=1S/C28H30F2O3/c1-17(2)33-27(31)16-32-26-12-9-18(3)25(20(26)5)11-10-22-14-23(13-19(4)28(22)30)21-7-6-8-24(29)15-21/h6-9,12-15,17H,10-11,16H2,1-5H3. The second-order valence-corrected chi connectivity index (χ2v) is 8.59. The summed E-state index contributed by atoms with van der Waals surface area (Å²) in [5.41, 5.74) is 5.67. The van der Waals surface area contributed by atoms with Gasteiger partial charge in [-0.2, -0.15) is 0 Å². The van der Waals surface area contributed by atoms with Crippen molar-refractivity contribution in [3.63, 3.8) is 0 Å². The smallest absolute Gasteiger partial charge is 0.344 e. The maximum absolute atomic E-state index is 14.9. The summed E-state index contributed by atoms with van der Waals surface area (Å²) in [4.78, 5) is 11.8. The molecule has 0 amide bonds. The number of carbonyl (C=O) groups is 1. The van der Waals surface area contributed by atoms with E-state index in [1.54, 1.807) is 39.0 Å². The second kappa shape index (κ2) is 10.6. The van der Waals surface area contributed by atoms with E-state index in [9.17, 15) is 13.6 Å². The third-order valence-electron chi connectivity index (χ3n) is 5.63. The van der Waals surface area contributed by atoms with Crippen LogP contribution in [0.1, 0.15) is 41.7 Å². The van der Waals surface area contributed by atoms with Crippen molar-refractivity contribution in [2.45, 2.75) is 53.6 Å². The van der Waals surface area contributed by atoms with Gasteiger partial charge in [0.25, 0.3) is 0 Å². The van der Waals surface area contributed by atoms with Gasteiger partial charge in [0.05, 0.1) is 6.10 Å². The van der Waals surface area contributed by atoms with Crippen molar-refractivity contribution in [2.75, 3.05) is 6.61 Å². The van der Waals surface area contributed by atoms with Gasteiger partial charge < -0.3 is 9.47 Å². The molecule has 33 heavy (non-hydrogen) atoms. The summed E-state index contributed by atoms with van der Waals surface area (Å²) >= 11 is 0. The zero-order valence-corrected chi connectivity index (χ0v) is 19.8. The number of esters is 1. The molecule has 0 aliphatic carbocycles. The van der Waals surface area contributed by atoms with Gasteiger partial charge in [0, 0.05) is 0 Å². The second-order valence-electron chi connectivity index (χ2n) is 8.59. The van der Waals surface area contributed by atoms with Crippen molar-refractivity contribution in [2.24, 2.45) is 0 Å². The van der Waals surface area contributed by atoms with E-state index in [0.717, 1.165) is 27.8 Å². The molecule has 0 aromatic heterocycles. The fourth-order valence-electron chi connectivity index (χ4n) is 3.96. The number of aryl methyl sites for hydroxylation is 3. The Kier molecular flexibility index (Phi) is 7.85. The van der Waals surface area contributed by atoms with Gasteiger partial charge in [-0.15, -0.1) is 0 Å². The monoisotopic (exact) mass is 452 g/mol. The summed E-state index contributed by atoms with van der Waals surface area (Å²) in [5.74, 6) is -0.370. The topological polar surface area (TPSA) is 35.5 Å². The van der Waals surface area contributed by atoms with Crippen LogP contribution in [-0.2, 0) is 22.4 Å². The zero-order chi connectivity index (χ0) is 24.1. The molecule has 0 saturated carbocycles. The molecule has 0 spiro atoms. The lowest BCUT2D eigenvalue weighted by molar-refractivity contribution is -0.149. The molecule has 0 bridgehead atoms. The molecule has 0 unspecified atom stereocenters. The van der Waals surface area contributed by atoms with Crippen molar-refractivity contribution in [1.82, 2.24) is 0 Å². The van der Waals surface area contributed by atoms with Crippen LogP contribution in [0.4, 0.5) is 8.78 Å². The molecule has 0 N–H and O–H groups in total. The summed E-state index contributed by atoms with van der Waals surface area (Å²) in [7, 11) is 0. The van der Waals surface area contributed by atoms with Gasteiger partial charge in [-0.05, 0) is 117 Å². The average Bonchev–Trinajstić information content (AvgIpc) is 2.75. The van der Waals surface area contributed by atoms with Crippen LogP contribution >= 0.6 is 0 Å². The van der Waals surface area contributed by atoms with E-state index < -0.39 is 5.97 Å². The number of hydrogen-bond donors (Lipinski definition) is 0. The minimum atomic E-state index is -0.418. The first-order valence-electron chi connectivity index (χ1n) is 11.1. The molecule has 3 nitrogen and oxygen atoms in total. The van der Waals surface area contributed by atoms with E-state index in [0.29, 0.717) is 29.7 Å². The maximum Gasteiger partial charge on any atom is 0.344 e. The number of halogens is 2. The summed E-state index contributed by atoms with van der Waals surface area (Å²) < 4.78 is 39.4. The Morgan fingerprint density at radius 1 is 0.909 bits per heavy atom. The van der Waals surface area contributed by atoms with Gasteiger partial charge in [0.15, 0.2) is 6.61 Å². The molecular formula is C28H30F2O3. The molecule has 0 aliphatic rings. The Morgan fingerprint density at radius 3 is 2.36 bits per heavy atom. The molecule has 0 radical (unpaired) electrons. The highest BCUT2D eigenvalue weighted by Gasteiger charge is 2.15. The largest absolute Gasteiger partial charge is 0.482 e. The molecule has 0 saturated heterocycles. The molecule has 3 rings (SSSR count). The Bertz CT molecular complexity index is 1150. The molecule has 5 heteroatoms. The van der Waals surface area contributed by atoms with Crippen molar-refractivity contribution in [3.05, 3.63) is 88.0 Å². The molecule has 0 fully saturated rings. The zero-order valence-electron chi connectivity index (χ0n) is 19.8. The summed E-state index contributed by atoms with van der Waals surface area (Å²) in [6, 6.07) is 13.6. The number of ether oxygens (including phenoxy) is 2. The Hall–Kier alpha value is -3.21. The van der Waals surface area contributed by atoms with E-state index in [-0.39, 0.29) is 24.3 Å². The fourth-order valence-corrected chi connectivity index (χ4v) is 3.96. The average molecular weight is 453 g/mol. The third kappa shape index (κ3) is 6.19. The van der Waals surface area contributed by atoms with Crippen molar-refractivity contribution in [3.8, 4) is 16.9 Å². The minimum Gasteiger partial charge on any atom is -0.482 e. The first kappa shape index (κ1) is 24.4.